The normalized spacial score (nSPS) is 31.9. The van der Waals surface area contributed by atoms with Crippen molar-refractivity contribution < 1.29 is 9.59 Å². The predicted octanol–water partition coefficient (Wildman–Crippen LogP) is 4.78. The highest BCUT2D eigenvalue weighted by Crippen LogP contribution is 2.61. The lowest BCUT2D eigenvalue weighted by Crippen LogP contribution is -2.56. The van der Waals surface area contributed by atoms with Crippen LogP contribution in [-0.2, 0) is 9.59 Å². The summed E-state index contributed by atoms with van der Waals surface area (Å²) < 4.78 is 0. The number of aryl methyl sites for hydroxylation is 1. The number of benzene rings is 1. The van der Waals surface area contributed by atoms with Crippen LogP contribution in [0.3, 0.4) is 0 Å². The molecule has 0 unspecified atom stereocenters. The van der Waals surface area contributed by atoms with Gasteiger partial charge < -0.3 is 10.6 Å². The van der Waals surface area contributed by atoms with Gasteiger partial charge in [-0.25, -0.2) is 0 Å². The minimum atomic E-state index is -0.227. The summed E-state index contributed by atoms with van der Waals surface area (Å²) in [5.41, 5.74) is 2.28. The molecule has 5 rings (SSSR count). The molecule has 1 aromatic carbocycles. The van der Waals surface area contributed by atoms with Crippen LogP contribution in [0.2, 0.25) is 0 Å². The van der Waals surface area contributed by atoms with Gasteiger partial charge in [-0.15, -0.1) is 11.8 Å². The van der Waals surface area contributed by atoms with Crippen molar-refractivity contribution in [2.75, 3.05) is 11.1 Å². The number of carbonyl (C=O) groups excluding carboxylic acids is 2. The van der Waals surface area contributed by atoms with Crippen LogP contribution in [0.5, 0.6) is 0 Å². The minimum Gasteiger partial charge on any atom is -0.352 e. The van der Waals surface area contributed by atoms with E-state index in [2.05, 4.69) is 17.6 Å². The van der Waals surface area contributed by atoms with Crippen LogP contribution in [-0.4, -0.2) is 28.9 Å². The molecule has 158 valence electrons. The zero-order valence-corrected chi connectivity index (χ0v) is 18.7. The average Bonchev–Trinajstić information content (AvgIpc) is 2.66. The molecular formula is C24H34N2O2S. The third-order valence-corrected chi connectivity index (χ3v) is 8.67. The van der Waals surface area contributed by atoms with E-state index in [-0.39, 0.29) is 28.9 Å². The topological polar surface area (TPSA) is 58.2 Å². The molecule has 4 aliphatic carbocycles. The molecule has 4 saturated carbocycles. The second-order valence-corrected chi connectivity index (χ2v) is 11.2. The van der Waals surface area contributed by atoms with Gasteiger partial charge in [0.05, 0.1) is 11.0 Å². The lowest BCUT2D eigenvalue weighted by Gasteiger charge is -2.59. The molecule has 1 aromatic rings. The molecule has 2 atom stereocenters. The van der Waals surface area contributed by atoms with Crippen LogP contribution < -0.4 is 10.6 Å². The van der Waals surface area contributed by atoms with Crippen LogP contribution in [0.4, 0.5) is 5.69 Å². The molecule has 0 radical (unpaired) electrons. The summed E-state index contributed by atoms with van der Waals surface area (Å²) in [7, 11) is 0. The fourth-order valence-electron chi connectivity index (χ4n) is 6.30. The van der Waals surface area contributed by atoms with E-state index in [1.807, 2.05) is 38.1 Å². The first-order valence-corrected chi connectivity index (χ1v) is 12.2. The second kappa shape index (κ2) is 8.33. The number of hydrogen-bond acceptors (Lipinski definition) is 3. The fraction of sp³-hybridized carbons (Fsp3) is 0.667. The summed E-state index contributed by atoms with van der Waals surface area (Å²) in [4.78, 5) is 25.0. The van der Waals surface area contributed by atoms with Gasteiger partial charge in [-0.1, -0.05) is 17.7 Å². The molecule has 0 aromatic heterocycles. The van der Waals surface area contributed by atoms with Crippen molar-refractivity contribution in [1.29, 1.82) is 0 Å². The molecule has 0 aliphatic heterocycles. The zero-order valence-electron chi connectivity index (χ0n) is 17.9. The highest BCUT2D eigenvalue weighted by atomic mass is 32.2. The summed E-state index contributed by atoms with van der Waals surface area (Å²) in [6.07, 6.45) is 8.13. The molecule has 0 spiro atoms. The van der Waals surface area contributed by atoms with E-state index < -0.39 is 0 Å². The molecule has 4 aliphatic rings. The van der Waals surface area contributed by atoms with Crippen molar-refractivity contribution >= 4 is 29.3 Å². The van der Waals surface area contributed by atoms with Gasteiger partial charge in [0.25, 0.3) is 0 Å². The van der Waals surface area contributed by atoms with E-state index in [9.17, 15) is 9.59 Å². The Hall–Kier alpha value is -1.49. The van der Waals surface area contributed by atoms with Crippen LogP contribution in [0.1, 0.15) is 57.9 Å². The Labute approximate surface area is 179 Å². The third-order valence-electron chi connectivity index (χ3n) is 7.53. The molecule has 2 amide bonds. The van der Waals surface area contributed by atoms with Crippen LogP contribution >= 0.6 is 11.8 Å². The SMILES string of the molecule is Cc1ccc(NC(=O)CS[C@@H](C)C(=O)N[C@@H](C)C23CC4CC(CC(C4)C2)C3)cc1. The van der Waals surface area contributed by atoms with E-state index in [0.717, 1.165) is 29.0 Å². The number of hydrogen-bond donors (Lipinski definition) is 2. The molecule has 4 fully saturated rings. The first kappa shape index (κ1) is 20.8. The van der Waals surface area contributed by atoms with Crippen molar-refractivity contribution in [2.45, 2.75) is 70.6 Å². The van der Waals surface area contributed by atoms with E-state index in [4.69, 9.17) is 0 Å². The second-order valence-electron chi connectivity index (χ2n) is 9.88. The van der Waals surface area contributed by atoms with Crippen molar-refractivity contribution in [2.24, 2.45) is 23.2 Å². The van der Waals surface area contributed by atoms with E-state index in [1.165, 1.54) is 50.3 Å². The Bertz CT molecular complexity index is 725. The summed E-state index contributed by atoms with van der Waals surface area (Å²) in [6, 6.07) is 7.99. The Morgan fingerprint density at radius 1 is 1.03 bits per heavy atom. The molecular weight excluding hydrogens is 380 g/mol. The Morgan fingerprint density at radius 2 is 1.59 bits per heavy atom. The fourth-order valence-corrected chi connectivity index (χ4v) is 7.00. The predicted molar refractivity (Wildman–Crippen MR) is 120 cm³/mol. The lowest BCUT2D eigenvalue weighted by atomic mass is 9.48. The first-order valence-electron chi connectivity index (χ1n) is 11.1. The Morgan fingerprint density at radius 3 is 2.14 bits per heavy atom. The van der Waals surface area contributed by atoms with Gasteiger partial charge in [-0.2, -0.15) is 0 Å². The van der Waals surface area contributed by atoms with Crippen LogP contribution in [0.25, 0.3) is 0 Å². The largest absolute Gasteiger partial charge is 0.352 e. The Balaban J connectivity index is 1.25. The van der Waals surface area contributed by atoms with Gasteiger partial charge in [0.15, 0.2) is 0 Å². The van der Waals surface area contributed by atoms with Gasteiger partial charge >= 0.3 is 0 Å². The zero-order chi connectivity index (χ0) is 20.6. The van der Waals surface area contributed by atoms with Crippen molar-refractivity contribution in [3.63, 3.8) is 0 Å². The number of anilines is 1. The van der Waals surface area contributed by atoms with E-state index in [0.29, 0.717) is 5.41 Å². The number of thioether (sulfide) groups is 1. The quantitative estimate of drug-likeness (QED) is 0.675. The van der Waals surface area contributed by atoms with Crippen LogP contribution in [0, 0.1) is 30.1 Å². The molecule has 4 nitrogen and oxygen atoms in total. The van der Waals surface area contributed by atoms with Gasteiger partial charge in [0.1, 0.15) is 0 Å². The van der Waals surface area contributed by atoms with E-state index in [1.54, 1.807) is 0 Å². The smallest absolute Gasteiger partial charge is 0.234 e. The lowest BCUT2D eigenvalue weighted by molar-refractivity contribution is -0.125. The van der Waals surface area contributed by atoms with Gasteiger partial charge in [0, 0.05) is 11.7 Å². The van der Waals surface area contributed by atoms with Gasteiger partial charge in [-0.05, 0) is 94.6 Å². The number of carbonyl (C=O) groups is 2. The summed E-state index contributed by atoms with van der Waals surface area (Å²) >= 11 is 1.41. The number of amides is 2. The maximum absolute atomic E-state index is 12.8. The standard InChI is InChI=1S/C24H34N2O2S/c1-15-4-6-21(7-5-15)26-22(27)14-29-16(2)23(28)25-17(3)24-11-18-8-19(12-24)10-20(9-18)13-24/h4-7,16-20H,8-14H2,1-3H3,(H,25,28)(H,26,27)/t16-,17-,18?,19?,20?,24?/m0/s1. The molecule has 2 N–H and O–H groups in total. The molecule has 29 heavy (non-hydrogen) atoms. The van der Waals surface area contributed by atoms with Crippen molar-refractivity contribution in [1.82, 2.24) is 5.32 Å². The van der Waals surface area contributed by atoms with Gasteiger partial charge in [-0.3, -0.25) is 9.59 Å². The average molecular weight is 415 g/mol. The van der Waals surface area contributed by atoms with Gasteiger partial charge in [0.2, 0.25) is 11.8 Å². The molecule has 4 bridgehead atoms. The first-order chi connectivity index (χ1) is 13.8. The summed E-state index contributed by atoms with van der Waals surface area (Å²) in [5.74, 6) is 2.96. The van der Waals surface area contributed by atoms with Crippen molar-refractivity contribution in [3.05, 3.63) is 29.8 Å². The number of nitrogens with one attached hydrogen (secondary N) is 2. The summed E-state index contributed by atoms with van der Waals surface area (Å²) in [6.45, 7) is 6.14. The van der Waals surface area contributed by atoms with Crippen LogP contribution in [0.15, 0.2) is 24.3 Å². The number of rotatable bonds is 7. The highest BCUT2D eigenvalue weighted by molar-refractivity contribution is 8.01. The molecule has 0 heterocycles. The summed E-state index contributed by atoms with van der Waals surface area (Å²) in [5, 5.41) is 6.00. The maximum atomic E-state index is 12.8. The molecule has 0 saturated heterocycles. The molecule has 5 heteroatoms. The monoisotopic (exact) mass is 414 g/mol. The maximum Gasteiger partial charge on any atom is 0.234 e. The highest BCUT2D eigenvalue weighted by Gasteiger charge is 2.53. The van der Waals surface area contributed by atoms with Crippen molar-refractivity contribution in [3.8, 4) is 0 Å². The Kier molecular flexibility index (Phi) is 5.97. The minimum absolute atomic E-state index is 0.0624. The third kappa shape index (κ3) is 4.65. The van der Waals surface area contributed by atoms with E-state index >= 15 is 0 Å².